The van der Waals surface area contributed by atoms with Crippen molar-refractivity contribution in [3.8, 4) is 5.75 Å². The molecule has 0 saturated carbocycles. The third-order valence-electron chi connectivity index (χ3n) is 4.04. The number of methoxy groups -OCH3 is 2. The number of hydrogen-bond donors (Lipinski definition) is 1. The molecule has 2 rings (SSSR count). The maximum atomic E-state index is 13.1. The Morgan fingerprint density at radius 1 is 1.10 bits per heavy atom. The van der Waals surface area contributed by atoms with Crippen LogP contribution in [0.1, 0.15) is 22.3 Å². The number of Topliss-reactive ketones (excluding diaryl/α,β-unsaturated/α-hetero) is 1. The summed E-state index contributed by atoms with van der Waals surface area (Å²) >= 11 is 0. The molecule has 1 amide bonds. The lowest BCUT2D eigenvalue weighted by Gasteiger charge is -2.19. The SMILES string of the molecule is COC(=O)[C@@H](CC(=O)c1ccc(C2(C(F)(F)F)N=N2)cc1OC)NC(=O)C(F)(F)F. The summed E-state index contributed by atoms with van der Waals surface area (Å²) in [4.78, 5) is 35.2. The second-order valence-corrected chi connectivity index (χ2v) is 5.96. The molecule has 1 heterocycles. The van der Waals surface area contributed by atoms with Crippen molar-refractivity contribution >= 4 is 17.7 Å². The summed E-state index contributed by atoms with van der Waals surface area (Å²) in [6.45, 7) is 0. The Balaban J connectivity index is 2.28. The van der Waals surface area contributed by atoms with Crippen molar-refractivity contribution in [1.29, 1.82) is 0 Å². The van der Waals surface area contributed by atoms with Crippen LogP contribution in [0.5, 0.6) is 5.75 Å². The van der Waals surface area contributed by atoms with Crippen LogP contribution in [0, 0.1) is 0 Å². The molecule has 0 saturated heterocycles. The number of esters is 1. The fourth-order valence-corrected chi connectivity index (χ4v) is 2.45. The molecule has 1 N–H and O–H groups in total. The van der Waals surface area contributed by atoms with E-state index < -0.39 is 53.7 Å². The third kappa shape index (κ3) is 4.52. The van der Waals surface area contributed by atoms with Crippen molar-refractivity contribution in [2.24, 2.45) is 10.2 Å². The van der Waals surface area contributed by atoms with Gasteiger partial charge in [-0.15, -0.1) is 10.2 Å². The quantitative estimate of drug-likeness (QED) is 0.398. The molecule has 0 unspecified atom stereocenters. The molecule has 164 valence electrons. The van der Waals surface area contributed by atoms with Gasteiger partial charge in [0, 0.05) is 12.0 Å². The number of amides is 1. The van der Waals surface area contributed by atoms with Gasteiger partial charge in [-0.1, -0.05) is 6.07 Å². The van der Waals surface area contributed by atoms with E-state index in [9.17, 15) is 40.7 Å². The number of ketones is 1. The zero-order valence-corrected chi connectivity index (χ0v) is 15.2. The van der Waals surface area contributed by atoms with Gasteiger partial charge >= 0.3 is 29.9 Å². The van der Waals surface area contributed by atoms with Crippen molar-refractivity contribution in [2.75, 3.05) is 14.2 Å². The minimum Gasteiger partial charge on any atom is -0.496 e. The van der Waals surface area contributed by atoms with Crippen molar-refractivity contribution in [3.63, 3.8) is 0 Å². The maximum Gasteiger partial charge on any atom is 0.471 e. The van der Waals surface area contributed by atoms with Gasteiger partial charge in [0.15, 0.2) is 5.78 Å². The zero-order valence-electron chi connectivity index (χ0n) is 15.2. The molecular formula is C16H13F6N3O5. The van der Waals surface area contributed by atoms with Crippen LogP contribution < -0.4 is 10.1 Å². The minimum atomic E-state index is -5.32. The van der Waals surface area contributed by atoms with Gasteiger partial charge < -0.3 is 14.8 Å². The third-order valence-corrected chi connectivity index (χ3v) is 4.04. The standard InChI is InChI=1S/C16H13F6N3O5/c1-29-11-5-7(14(24-25-14)16(20,21)22)3-4-8(11)10(26)6-9(12(27)30-2)23-13(28)15(17,18)19/h3-5,9H,6H2,1-2H3,(H,23,28)/t9-/m1/s1. The van der Waals surface area contributed by atoms with E-state index in [-0.39, 0.29) is 11.3 Å². The number of ether oxygens (including phenoxy) is 2. The Labute approximate surface area is 164 Å². The average molecular weight is 441 g/mol. The fraction of sp³-hybridized carbons (Fsp3) is 0.438. The molecule has 0 radical (unpaired) electrons. The Kier molecular flexibility index (Phi) is 6.09. The molecule has 1 atom stereocenters. The molecular weight excluding hydrogens is 428 g/mol. The first kappa shape index (κ1) is 23.1. The molecule has 0 fully saturated rings. The minimum absolute atomic E-state index is 0.339. The predicted molar refractivity (Wildman–Crippen MR) is 84.5 cm³/mol. The molecule has 30 heavy (non-hydrogen) atoms. The first-order valence-electron chi connectivity index (χ1n) is 7.95. The first-order chi connectivity index (χ1) is 13.8. The smallest absolute Gasteiger partial charge is 0.471 e. The van der Waals surface area contributed by atoms with Gasteiger partial charge in [0.2, 0.25) is 0 Å². The number of nitrogens with one attached hydrogen (secondary N) is 1. The van der Waals surface area contributed by atoms with E-state index in [1.54, 1.807) is 0 Å². The number of rotatable bonds is 7. The van der Waals surface area contributed by atoms with Gasteiger partial charge in [0.1, 0.15) is 11.8 Å². The van der Waals surface area contributed by atoms with Crippen molar-refractivity contribution in [2.45, 2.75) is 30.5 Å². The highest BCUT2D eigenvalue weighted by molar-refractivity contribution is 6.02. The maximum absolute atomic E-state index is 13.1. The highest BCUT2D eigenvalue weighted by atomic mass is 19.4. The van der Waals surface area contributed by atoms with Gasteiger partial charge in [0.25, 0.3) is 0 Å². The van der Waals surface area contributed by atoms with Gasteiger partial charge in [-0.25, -0.2) is 4.79 Å². The van der Waals surface area contributed by atoms with Crippen molar-refractivity contribution in [3.05, 3.63) is 29.3 Å². The summed E-state index contributed by atoms with van der Waals surface area (Å²) in [5.41, 5.74) is -3.57. The lowest BCUT2D eigenvalue weighted by atomic mass is 9.96. The summed E-state index contributed by atoms with van der Waals surface area (Å²) in [7, 11) is 1.87. The van der Waals surface area contributed by atoms with Crippen LogP contribution >= 0.6 is 0 Å². The normalized spacial score (nSPS) is 15.9. The van der Waals surface area contributed by atoms with E-state index in [1.807, 2.05) is 0 Å². The van der Waals surface area contributed by atoms with Crippen LogP contribution in [-0.4, -0.2) is 50.3 Å². The number of carbonyl (C=O) groups excluding carboxylic acids is 3. The van der Waals surface area contributed by atoms with Gasteiger partial charge in [-0.3, -0.25) is 9.59 Å². The Morgan fingerprint density at radius 2 is 1.70 bits per heavy atom. The number of nitrogens with zero attached hydrogens (tertiary/aromatic N) is 2. The predicted octanol–water partition coefficient (Wildman–Crippen LogP) is 2.67. The van der Waals surface area contributed by atoms with Crippen molar-refractivity contribution < 1.29 is 50.2 Å². The Hall–Kier alpha value is -3.19. The molecule has 0 aliphatic carbocycles. The zero-order chi connectivity index (χ0) is 22.9. The molecule has 1 aliphatic rings. The molecule has 0 aromatic heterocycles. The Morgan fingerprint density at radius 3 is 2.13 bits per heavy atom. The molecule has 0 bridgehead atoms. The van der Waals surface area contributed by atoms with Crippen LogP contribution in [0.4, 0.5) is 26.3 Å². The van der Waals surface area contributed by atoms with E-state index in [0.29, 0.717) is 0 Å². The van der Waals surface area contributed by atoms with Crippen LogP contribution in [0.3, 0.4) is 0 Å². The Bertz CT molecular complexity index is 890. The highest BCUT2D eigenvalue weighted by Crippen LogP contribution is 2.53. The molecule has 8 nitrogen and oxygen atoms in total. The first-order valence-corrected chi connectivity index (χ1v) is 7.95. The topological polar surface area (TPSA) is 106 Å². The number of hydrogen-bond acceptors (Lipinski definition) is 7. The largest absolute Gasteiger partial charge is 0.496 e. The van der Waals surface area contributed by atoms with Gasteiger partial charge in [-0.2, -0.15) is 26.3 Å². The van der Waals surface area contributed by atoms with E-state index in [1.165, 1.54) is 5.32 Å². The van der Waals surface area contributed by atoms with Crippen molar-refractivity contribution in [1.82, 2.24) is 5.32 Å². The van der Waals surface area contributed by atoms with Crippen LogP contribution in [0.15, 0.2) is 28.4 Å². The van der Waals surface area contributed by atoms with E-state index >= 15 is 0 Å². The lowest BCUT2D eigenvalue weighted by molar-refractivity contribution is -0.175. The molecule has 1 aromatic rings. The second kappa shape index (κ2) is 7.91. The van der Waals surface area contributed by atoms with E-state index in [2.05, 4.69) is 15.0 Å². The summed E-state index contributed by atoms with van der Waals surface area (Å²) in [5.74, 6) is -5.16. The summed E-state index contributed by atoms with van der Waals surface area (Å²) in [5, 5.41) is 7.35. The van der Waals surface area contributed by atoms with Crippen LogP contribution in [0.2, 0.25) is 0 Å². The molecule has 14 heteroatoms. The molecule has 1 aromatic carbocycles. The summed E-state index contributed by atoms with van der Waals surface area (Å²) in [6, 6.07) is 0.677. The fourth-order valence-electron chi connectivity index (χ4n) is 2.45. The van der Waals surface area contributed by atoms with E-state index in [4.69, 9.17) is 4.74 Å². The van der Waals surface area contributed by atoms with Gasteiger partial charge in [-0.05, 0) is 12.1 Å². The number of halogens is 6. The number of alkyl halides is 6. The lowest BCUT2D eigenvalue weighted by Crippen LogP contribution is -2.48. The molecule has 0 spiro atoms. The second-order valence-electron chi connectivity index (χ2n) is 5.96. The highest BCUT2D eigenvalue weighted by Gasteiger charge is 2.65. The summed E-state index contributed by atoms with van der Waals surface area (Å²) < 4.78 is 85.8. The van der Waals surface area contributed by atoms with Crippen LogP contribution in [0.25, 0.3) is 0 Å². The molecule has 1 aliphatic heterocycles. The number of benzene rings is 1. The van der Waals surface area contributed by atoms with Gasteiger partial charge in [0.05, 0.1) is 19.8 Å². The van der Waals surface area contributed by atoms with Crippen LogP contribution in [-0.2, 0) is 20.0 Å². The number of carbonyl (C=O) groups is 3. The average Bonchev–Trinajstić information content (AvgIpc) is 3.47. The summed E-state index contributed by atoms with van der Waals surface area (Å²) in [6.07, 6.45) is -11.1. The van der Waals surface area contributed by atoms with E-state index in [0.717, 1.165) is 32.4 Å². The monoisotopic (exact) mass is 441 g/mol.